The van der Waals surface area contributed by atoms with E-state index in [0.29, 0.717) is 17.3 Å². The van der Waals surface area contributed by atoms with Crippen molar-refractivity contribution in [1.82, 2.24) is 10.2 Å². The summed E-state index contributed by atoms with van der Waals surface area (Å²) in [4.78, 5) is 32.4. The van der Waals surface area contributed by atoms with Crippen LogP contribution in [0.4, 0.5) is 0 Å². The van der Waals surface area contributed by atoms with Gasteiger partial charge in [-0.1, -0.05) is 48.2 Å². The second-order valence-electron chi connectivity index (χ2n) is 8.16. The average Bonchev–Trinajstić information content (AvgIpc) is 3.46. The van der Waals surface area contributed by atoms with Gasteiger partial charge in [-0.2, -0.15) is 0 Å². The maximum absolute atomic E-state index is 13.1. The van der Waals surface area contributed by atoms with Crippen LogP contribution < -0.4 is 5.32 Å². The van der Waals surface area contributed by atoms with E-state index in [1.54, 1.807) is 6.08 Å². The highest BCUT2D eigenvalue weighted by molar-refractivity contribution is 8.16. The van der Waals surface area contributed by atoms with Gasteiger partial charge in [-0.15, -0.1) is 0 Å². The number of carbonyl (C=O) groups is 2. The fraction of sp³-hybridized carbons (Fsp3) is 0.375. The maximum atomic E-state index is 13.1. The molecule has 1 amide bonds. The van der Waals surface area contributed by atoms with Crippen LogP contribution in [-0.4, -0.2) is 34.6 Å². The van der Waals surface area contributed by atoms with Crippen molar-refractivity contribution in [2.45, 2.75) is 52.1 Å². The van der Waals surface area contributed by atoms with E-state index in [9.17, 15) is 9.59 Å². The van der Waals surface area contributed by atoms with E-state index >= 15 is 0 Å². The molecule has 0 radical (unpaired) electrons. The molecular weight excluding hydrogens is 410 g/mol. The minimum absolute atomic E-state index is 0.00243. The van der Waals surface area contributed by atoms with Crippen molar-refractivity contribution in [3.8, 4) is 0 Å². The summed E-state index contributed by atoms with van der Waals surface area (Å²) in [5.74, 6) is -0.415. The number of fused-ring (bicyclic) bond motifs is 1. The minimum atomic E-state index is -0.412. The Morgan fingerprint density at radius 3 is 2.81 bits per heavy atom. The van der Waals surface area contributed by atoms with Gasteiger partial charge in [0.2, 0.25) is 5.91 Å². The molecule has 2 heterocycles. The number of benzene rings is 1. The highest BCUT2D eigenvalue weighted by Crippen LogP contribution is 2.45. The van der Waals surface area contributed by atoms with E-state index in [1.807, 2.05) is 31.1 Å². The third-order valence-corrected chi connectivity index (χ3v) is 6.46. The quantitative estimate of drug-likeness (QED) is 0.509. The van der Waals surface area contributed by atoms with Gasteiger partial charge >= 0.3 is 5.97 Å². The lowest BCUT2D eigenvalue weighted by atomic mass is 9.90. The number of hydrogen-bond acceptors (Lipinski definition) is 6. The first-order valence-electron chi connectivity index (χ1n) is 10.5. The number of allylic oxidation sites excluding steroid dienone is 1. The smallest absolute Gasteiger partial charge is 0.338 e. The zero-order valence-electron chi connectivity index (χ0n) is 18.1. The van der Waals surface area contributed by atoms with Crippen LogP contribution in [0, 0.1) is 13.8 Å². The van der Waals surface area contributed by atoms with Crippen molar-refractivity contribution in [2.24, 2.45) is 4.99 Å². The van der Waals surface area contributed by atoms with Crippen LogP contribution >= 0.6 is 11.8 Å². The Balaban J connectivity index is 1.75. The van der Waals surface area contributed by atoms with Crippen LogP contribution in [0.3, 0.4) is 0 Å². The number of aryl methyl sites for hydroxylation is 2. The molecule has 1 atom stereocenters. The van der Waals surface area contributed by atoms with Gasteiger partial charge in [0.1, 0.15) is 6.61 Å². The summed E-state index contributed by atoms with van der Waals surface area (Å²) in [6, 6.07) is 6.12. The van der Waals surface area contributed by atoms with Crippen molar-refractivity contribution in [3.63, 3.8) is 0 Å². The topological polar surface area (TPSA) is 71.0 Å². The van der Waals surface area contributed by atoms with Gasteiger partial charge in [-0.05, 0) is 50.1 Å². The van der Waals surface area contributed by atoms with Gasteiger partial charge in [0.15, 0.2) is 5.17 Å². The molecule has 0 saturated heterocycles. The number of rotatable bonds is 7. The van der Waals surface area contributed by atoms with Gasteiger partial charge in [0, 0.05) is 11.7 Å². The van der Waals surface area contributed by atoms with Crippen LogP contribution in [0.2, 0.25) is 0 Å². The van der Waals surface area contributed by atoms with Crippen LogP contribution in [0.5, 0.6) is 0 Å². The zero-order chi connectivity index (χ0) is 22.1. The minimum Gasteiger partial charge on any atom is -0.458 e. The number of nitrogens with zero attached hydrogens (tertiary/aromatic N) is 2. The molecule has 1 aromatic rings. The number of thioether (sulfide) groups is 1. The van der Waals surface area contributed by atoms with Gasteiger partial charge in [0.25, 0.3) is 0 Å². The number of amidine groups is 1. The second-order valence-corrected chi connectivity index (χ2v) is 9.00. The van der Waals surface area contributed by atoms with E-state index in [0.717, 1.165) is 40.4 Å². The SMILES string of the molecule is C=CCOC(=O)C1=C(C)N=C2SC=C(CC(=O)NC3CC3)N2[C@H]1c1cc(C)ccc1C. The van der Waals surface area contributed by atoms with E-state index in [2.05, 4.69) is 35.1 Å². The molecule has 2 aliphatic heterocycles. The lowest BCUT2D eigenvalue weighted by Crippen LogP contribution is -2.38. The van der Waals surface area contributed by atoms with Crippen LogP contribution in [-0.2, 0) is 14.3 Å². The Morgan fingerprint density at radius 1 is 1.32 bits per heavy atom. The number of carbonyl (C=O) groups excluding carboxylic acids is 2. The standard InChI is InChI=1S/C24H27N3O3S/c1-5-10-30-23(29)21-16(4)25-24-27(22(21)19-11-14(2)6-7-15(19)3)18(13-31-24)12-20(28)26-17-8-9-17/h5-7,11,13,17,22H,1,8-10,12H2,2-4H3,(H,26,28)/t22-/m0/s1. The van der Waals surface area contributed by atoms with E-state index in [-0.39, 0.29) is 18.9 Å². The van der Waals surface area contributed by atoms with Crippen LogP contribution in [0.25, 0.3) is 0 Å². The number of ether oxygens (including phenoxy) is 1. The van der Waals surface area contributed by atoms with Gasteiger partial charge in [0.05, 0.1) is 23.7 Å². The number of nitrogens with one attached hydrogen (secondary N) is 1. The monoisotopic (exact) mass is 437 g/mol. The Morgan fingerprint density at radius 2 is 2.10 bits per heavy atom. The van der Waals surface area contributed by atoms with E-state index in [4.69, 9.17) is 4.74 Å². The largest absolute Gasteiger partial charge is 0.458 e. The zero-order valence-corrected chi connectivity index (χ0v) is 18.9. The Hall–Kier alpha value is -2.80. The summed E-state index contributed by atoms with van der Waals surface area (Å²) >= 11 is 1.49. The fourth-order valence-electron chi connectivity index (χ4n) is 3.86. The number of aliphatic imine (C=N–C) groups is 1. The summed E-state index contributed by atoms with van der Waals surface area (Å²) in [7, 11) is 0. The molecule has 0 bridgehead atoms. The van der Waals surface area contributed by atoms with Crippen molar-refractivity contribution in [2.75, 3.05) is 6.61 Å². The first kappa shape index (κ1) is 21.4. The summed E-state index contributed by atoms with van der Waals surface area (Å²) < 4.78 is 5.43. The Bertz CT molecular complexity index is 1040. The lowest BCUT2D eigenvalue weighted by Gasteiger charge is -2.37. The maximum Gasteiger partial charge on any atom is 0.338 e. The molecule has 0 spiro atoms. The third-order valence-electron chi connectivity index (χ3n) is 5.57. The molecule has 1 saturated carbocycles. The molecule has 7 heteroatoms. The summed E-state index contributed by atoms with van der Waals surface area (Å²) in [5.41, 5.74) is 5.15. The molecule has 4 rings (SSSR count). The molecule has 1 N–H and O–H groups in total. The van der Waals surface area contributed by atoms with E-state index in [1.165, 1.54) is 11.8 Å². The molecule has 162 valence electrons. The van der Waals surface area contributed by atoms with Crippen molar-refractivity contribution in [3.05, 3.63) is 69.9 Å². The second kappa shape index (κ2) is 8.75. The Labute approximate surface area is 187 Å². The Kier molecular flexibility index (Phi) is 6.05. The van der Waals surface area contributed by atoms with Crippen molar-refractivity contribution in [1.29, 1.82) is 0 Å². The summed E-state index contributed by atoms with van der Waals surface area (Å²) in [5, 5.41) is 5.79. The highest BCUT2D eigenvalue weighted by atomic mass is 32.2. The van der Waals surface area contributed by atoms with Gasteiger partial charge < -0.3 is 15.0 Å². The molecular formula is C24H27N3O3S. The predicted octanol–water partition coefficient (Wildman–Crippen LogP) is 4.28. The van der Waals surface area contributed by atoms with Crippen LogP contribution in [0.1, 0.15) is 48.9 Å². The molecule has 0 unspecified atom stereocenters. The normalized spacial score (nSPS) is 20.1. The van der Waals surface area contributed by atoms with Crippen LogP contribution in [0.15, 0.2) is 58.2 Å². The number of amides is 1. The third kappa shape index (κ3) is 4.46. The van der Waals surface area contributed by atoms with Crippen molar-refractivity contribution < 1.29 is 14.3 Å². The van der Waals surface area contributed by atoms with E-state index < -0.39 is 12.0 Å². The first-order valence-corrected chi connectivity index (χ1v) is 11.4. The molecule has 1 aromatic carbocycles. The van der Waals surface area contributed by atoms with Gasteiger partial charge in [-0.3, -0.25) is 4.79 Å². The summed E-state index contributed by atoms with van der Waals surface area (Å²) in [6.07, 6.45) is 3.89. The molecule has 1 aliphatic carbocycles. The average molecular weight is 438 g/mol. The number of hydrogen-bond donors (Lipinski definition) is 1. The number of esters is 1. The lowest BCUT2D eigenvalue weighted by molar-refractivity contribution is -0.138. The molecule has 6 nitrogen and oxygen atoms in total. The molecule has 3 aliphatic rings. The van der Waals surface area contributed by atoms with Gasteiger partial charge in [-0.25, -0.2) is 9.79 Å². The highest BCUT2D eigenvalue weighted by Gasteiger charge is 2.41. The molecule has 1 fully saturated rings. The molecule has 31 heavy (non-hydrogen) atoms. The fourth-order valence-corrected chi connectivity index (χ4v) is 4.83. The first-order chi connectivity index (χ1) is 14.9. The van der Waals surface area contributed by atoms with Crippen molar-refractivity contribution >= 4 is 28.8 Å². The summed E-state index contributed by atoms with van der Waals surface area (Å²) in [6.45, 7) is 9.68. The molecule has 0 aromatic heterocycles. The predicted molar refractivity (Wildman–Crippen MR) is 123 cm³/mol.